The van der Waals surface area contributed by atoms with Gasteiger partial charge in [-0.05, 0) is 37.5 Å². The lowest BCUT2D eigenvalue weighted by Crippen LogP contribution is -2.47. The van der Waals surface area contributed by atoms with Gasteiger partial charge in [0.05, 0.1) is 0 Å². The second-order valence-corrected chi connectivity index (χ2v) is 7.37. The van der Waals surface area contributed by atoms with E-state index in [-0.39, 0.29) is 12.0 Å². The topological polar surface area (TPSA) is 56.7 Å². The minimum Gasteiger partial charge on any atom is -0.357 e. The van der Waals surface area contributed by atoms with Crippen LogP contribution in [-0.4, -0.2) is 56.2 Å². The first-order chi connectivity index (χ1) is 11.6. The molecule has 0 aromatic heterocycles. The maximum atomic E-state index is 12.3. The molecule has 1 saturated carbocycles. The number of hydrogen-bond donors (Lipinski definition) is 2. The van der Waals surface area contributed by atoms with Crippen molar-refractivity contribution in [1.82, 2.24) is 15.5 Å². The number of amides is 1. The van der Waals surface area contributed by atoms with Gasteiger partial charge in [0.1, 0.15) is 13.1 Å². The van der Waals surface area contributed by atoms with Crippen molar-refractivity contribution in [3.8, 4) is 0 Å². The molecule has 5 nitrogen and oxygen atoms in total. The van der Waals surface area contributed by atoms with Gasteiger partial charge in [-0.25, -0.2) is 4.99 Å². The van der Waals surface area contributed by atoms with Crippen LogP contribution in [0.4, 0.5) is 13.2 Å². The quantitative estimate of drug-likeness (QED) is 0.514. The zero-order valence-electron chi connectivity index (χ0n) is 15.7. The Morgan fingerprint density at radius 1 is 1.28 bits per heavy atom. The van der Waals surface area contributed by atoms with E-state index in [1.165, 1.54) is 19.3 Å². The Bertz CT molecular complexity index is 459. The molecule has 0 saturated heterocycles. The zero-order valence-corrected chi connectivity index (χ0v) is 15.7. The van der Waals surface area contributed by atoms with Gasteiger partial charge in [0.2, 0.25) is 5.91 Å². The van der Waals surface area contributed by atoms with Crippen molar-refractivity contribution in [2.24, 2.45) is 16.3 Å². The molecule has 0 aromatic rings. The van der Waals surface area contributed by atoms with Gasteiger partial charge in [-0.1, -0.05) is 20.3 Å². The molecule has 0 heterocycles. The summed E-state index contributed by atoms with van der Waals surface area (Å²) in [5.74, 6) is 0.431. The second-order valence-electron chi connectivity index (χ2n) is 7.37. The Morgan fingerprint density at radius 3 is 2.36 bits per heavy atom. The highest BCUT2D eigenvalue weighted by molar-refractivity contribution is 5.84. The molecule has 1 aliphatic rings. The number of aliphatic imine (C=N–C) groups is 1. The first kappa shape index (κ1) is 21.6. The minimum absolute atomic E-state index is 0.265. The SMILES string of the molecule is CCNC(=NCC(=O)N(C)CC(F)(F)F)NCC1(CC(C)C)CCC1. The standard InChI is InChI=1S/C17H31F3N4O/c1-5-21-15(22-10-14(25)24(4)12-17(18,19)20)23-11-16(7-6-8-16)9-13(2)3/h13H,5-12H2,1-4H3,(H2,21,22,23). The first-order valence-electron chi connectivity index (χ1n) is 8.90. The van der Waals surface area contributed by atoms with Crippen molar-refractivity contribution in [2.45, 2.75) is 52.6 Å². The molecular weight excluding hydrogens is 333 g/mol. The van der Waals surface area contributed by atoms with Gasteiger partial charge in [0.25, 0.3) is 0 Å². The van der Waals surface area contributed by atoms with Gasteiger partial charge in [-0.2, -0.15) is 13.2 Å². The summed E-state index contributed by atoms with van der Waals surface area (Å²) in [5, 5.41) is 6.30. The van der Waals surface area contributed by atoms with E-state index in [2.05, 4.69) is 29.5 Å². The third-order valence-electron chi connectivity index (χ3n) is 4.45. The molecule has 0 bridgehead atoms. The summed E-state index contributed by atoms with van der Waals surface area (Å²) in [5.41, 5.74) is 0.265. The van der Waals surface area contributed by atoms with E-state index in [9.17, 15) is 18.0 Å². The Kier molecular flexibility index (Phi) is 8.02. The van der Waals surface area contributed by atoms with Gasteiger partial charge in [-0.3, -0.25) is 4.79 Å². The van der Waals surface area contributed by atoms with Crippen LogP contribution >= 0.6 is 0 Å². The summed E-state index contributed by atoms with van der Waals surface area (Å²) in [6.45, 7) is 6.13. The fourth-order valence-electron chi connectivity index (χ4n) is 3.23. The molecule has 1 amide bonds. The second kappa shape index (κ2) is 9.29. The lowest BCUT2D eigenvalue weighted by Gasteiger charge is -2.43. The van der Waals surface area contributed by atoms with Crippen LogP contribution in [-0.2, 0) is 4.79 Å². The molecule has 0 unspecified atom stereocenters. The lowest BCUT2D eigenvalue weighted by atomic mass is 9.64. The van der Waals surface area contributed by atoms with Gasteiger partial charge in [-0.15, -0.1) is 0 Å². The van der Waals surface area contributed by atoms with Crippen molar-refractivity contribution in [1.29, 1.82) is 0 Å². The number of guanidine groups is 1. The molecule has 0 spiro atoms. The van der Waals surface area contributed by atoms with E-state index in [0.717, 1.165) is 20.0 Å². The van der Waals surface area contributed by atoms with E-state index in [4.69, 9.17) is 0 Å². The third kappa shape index (κ3) is 7.96. The van der Waals surface area contributed by atoms with E-state index < -0.39 is 18.6 Å². The highest BCUT2D eigenvalue weighted by Crippen LogP contribution is 2.45. The number of halogens is 3. The van der Waals surface area contributed by atoms with Crippen LogP contribution in [0.25, 0.3) is 0 Å². The van der Waals surface area contributed by atoms with Crippen molar-refractivity contribution in [3.63, 3.8) is 0 Å². The molecule has 1 aliphatic carbocycles. The van der Waals surface area contributed by atoms with Crippen LogP contribution in [0, 0.1) is 11.3 Å². The highest BCUT2D eigenvalue weighted by Gasteiger charge is 2.37. The summed E-state index contributed by atoms with van der Waals surface area (Å²) < 4.78 is 37.0. The van der Waals surface area contributed by atoms with Crippen LogP contribution < -0.4 is 10.6 Å². The lowest BCUT2D eigenvalue weighted by molar-refractivity contribution is -0.157. The monoisotopic (exact) mass is 364 g/mol. The number of nitrogens with zero attached hydrogens (tertiary/aromatic N) is 2. The molecule has 0 aliphatic heterocycles. The zero-order chi connectivity index (χ0) is 19.1. The summed E-state index contributed by atoms with van der Waals surface area (Å²) in [6.07, 6.45) is 0.301. The maximum absolute atomic E-state index is 12.3. The van der Waals surface area contributed by atoms with Crippen molar-refractivity contribution < 1.29 is 18.0 Å². The highest BCUT2D eigenvalue weighted by atomic mass is 19.4. The third-order valence-corrected chi connectivity index (χ3v) is 4.45. The van der Waals surface area contributed by atoms with Crippen molar-refractivity contribution >= 4 is 11.9 Å². The molecule has 1 rings (SSSR count). The Labute approximate surface area is 148 Å². The van der Waals surface area contributed by atoms with E-state index in [1.807, 2.05) is 6.92 Å². The molecule has 146 valence electrons. The van der Waals surface area contributed by atoms with Crippen LogP contribution in [0.2, 0.25) is 0 Å². The number of carbonyl (C=O) groups is 1. The molecule has 1 fully saturated rings. The predicted molar refractivity (Wildman–Crippen MR) is 93.4 cm³/mol. The van der Waals surface area contributed by atoms with E-state index in [0.29, 0.717) is 23.3 Å². The molecule has 25 heavy (non-hydrogen) atoms. The average Bonchev–Trinajstić information content (AvgIpc) is 2.44. The fraction of sp³-hybridized carbons (Fsp3) is 0.882. The molecule has 0 aromatic carbocycles. The largest absolute Gasteiger partial charge is 0.406 e. The normalized spacial score (nSPS) is 17.2. The molecule has 0 radical (unpaired) electrons. The van der Waals surface area contributed by atoms with Crippen LogP contribution in [0.3, 0.4) is 0 Å². The van der Waals surface area contributed by atoms with Crippen LogP contribution in [0.15, 0.2) is 4.99 Å². The Balaban J connectivity index is 2.57. The van der Waals surface area contributed by atoms with E-state index in [1.54, 1.807) is 0 Å². The summed E-state index contributed by atoms with van der Waals surface area (Å²) in [7, 11) is 1.14. The van der Waals surface area contributed by atoms with Crippen molar-refractivity contribution in [2.75, 3.05) is 33.2 Å². The average molecular weight is 364 g/mol. The predicted octanol–water partition coefficient (Wildman–Crippen LogP) is 2.78. The smallest absolute Gasteiger partial charge is 0.357 e. The number of alkyl halides is 3. The minimum atomic E-state index is -4.40. The van der Waals surface area contributed by atoms with Gasteiger partial charge in [0.15, 0.2) is 5.96 Å². The Morgan fingerprint density at radius 2 is 1.92 bits per heavy atom. The molecular formula is C17H31F3N4O. The van der Waals surface area contributed by atoms with Gasteiger partial charge >= 0.3 is 6.18 Å². The Hall–Kier alpha value is -1.47. The molecule has 2 N–H and O–H groups in total. The summed E-state index contributed by atoms with van der Waals surface area (Å²) in [6, 6.07) is 0. The molecule has 0 atom stereocenters. The van der Waals surface area contributed by atoms with Gasteiger partial charge in [0, 0.05) is 20.1 Å². The van der Waals surface area contributed by atoms with Gasteiger partial charge < -0.3 is 15.5 Å². The van der Waals surface area contributed by atoms with E-state index >= 15 is 0 Å². The fourth-order valence-corrected chi connectivity index (χ4v) is 3.23. The first-order valence-corrected chi connectivity index (χ1v) is 8.90. The van der Waals surface area contributed by atoms with Crippen LogP contribution in [0.5, 0.6) is 0 Å². The molecule has 8 heteroatoms. The van der Waals surface area contributed by atoms with Crippen LogP contribution in [0.1, 0.15) is 46.5 Å². The summed E-state index contributed by atoms with van der Waals surface area (Å²) >= 11 is 0. The maximum Gasteiger partial charge on any atom is 0.406 e. The van der Waals surface area contributed by atoms with Crippen molar-refractivity contribution in [3.05, 3.63) is 0 Å². The number of rotatable bonds is 8. The number of hydrogen-bond acceptors (Lipinski definition) is 2. The number of likely N-dealkylation sites (N-methyl/N-ethyl adjacent to an activating group) is 1. The number of carbonyl (C=O) groups excluding carboxylic acids is 1. The summed E-state index contributed by atoms with van der Waals surface area (Å²) in [4.78, 5) is 16.6. The number of nitrogens with one attached hydrogen (secondary N) is 2.